The largest absolute Gasteiger partial charge is 0.370 e. The van der Waals surface area contributed by atoms with E-state index in [1.807, 2.05) is 0 Å². The number of carbonyl (C=O) groups excluding carboxylic acids is 3. The highest BCUT2D eigenvalue weighted by Crippen LogP contribution is 2.40. The van der Waals surface area contributed by atoms with Crippen molar-refractivity contribution >= 4 is 40.5 Å². The van der Waals surface area contributed by atoms with Crippen LogP contribution in [0.1, 0.15) is 143 Å². The van der Waals surface area contributed by atoms with Crippen molar-refractivity contribution in [2.75, 3.05) is 19.6 Å². The summed E-state index contributed by atoms with van der Waals surface area (Å²) in [7, 11) is 0. The predicted molar refractivity (Wildman–Crippen MR) is 227 cm³/mol. The van der Waals surface area contributed by atoms with E-state index in [1.165, 1.54) is 0 Å². The maximum Gasteiger partial charge on any atom is 0.243 e. The molecular formula is C41H73N11O3. The van der Waals surface area contributed by atoms with E-state index in [-0.39, 0.29) is 40.5 Å². The lowest BCUT2D eigenvalue weighted by Gasteiger charge is -2.27. The molecule has 310 valence electrons. The van der Waals surface area contributed by atoms with Crippen LogP contribution < -0.4 is 44.6 Å². The standard InChI is InChI=1S/C41H73N11O3/c1-11-12-13-14-19-47-35(54)30(18-16-21-49-38(45)46)50-36(55)31(51-34(53)29(42)17-15-20-48-37(43)44)24-27-26-22-25(39(2,3)4)23-28(40(5,6)7)32(26)52-33(27)41(8,9)10/h22-23,29-31,52H,11-21,24,42H2,1-10H3,(H,47,54)(H,50,55)(H,51,53)(H4,43,44,48)(H4,45,46,49)/t29-,30-,31-/m0/s1. The molecule has 0 unspecified atom stereocenters. The summed E-state index contributed by atoms with van der Waals surface area (Å²) >= 11 is 0. The number of rotatable bonds is 20. The molecule has 0 saturated carbocycles. The Kier molecular flexibility index (Phi) is 17.5. The van der Waals surface area contributed by atoms with E-state index in [2.05, 4.69) is 112 Å². The molecule has 3 atom stereocenters. The number of hydrogen-bond donors (Lipinski definition) is 9. The topological polar surface area (TPSA) is 258 Å². The lowest BCUT2D eigenvalue weighted by molar-refractivity contribution is -0.132. The van der Waals surface area contributed by atoms with Crippen molar-refractivity contribution in [3.63, 3.8) is 0 Å². The van der Waals surface area contributed by atoms with Gasteiger partial charge in [0.25, 0.3) is 0 Å². The first-order valence-electron chi connectivity index (χ1n) is 19.9. The number of unbranched alkanes of at least 4 members (excludes halogenated alkanes) is 3. The Morgan fingerprint density at radius 2 is 1.29 bits per heavy atom. The number of aromatic amines is 1. The molecule has 2 aromatic rings. The molecule has 1 aromatic carbocycles. The normalized spacial score (nSPS) is 13.8. The Hall–Kier alpha value is -4.33. The fourth-order valence-corrected chi connectivity index (χ4v) is 6.50. The summed E-state index contributed by atoms with van der Waals surface area (Å²) in [5.74, 6) is -1.37. The first-order valence-corrected chi connectivity index (χ1v) is 19.9. The molecule has 14 N–H and O–H groups in total. The van der Waals surface area contributed by atoms with Gasteiger partial charge >= 0.3 is 0 Å². The molecule has 2 rings (SSSR count). The lowest BCUT2D eigenvalue weighted by Crippen LogP contribution is -2.56. The first kappa shape index (κ1) is 46.8. The molecular weight excluding hydrogens is 695 g/mol. The summed E-state index contributed by atoms with van der Waals surface area (Å²) in [5, 5.41) is 9.94. The summed E-state index contributed by atoms with van der Waals surface area (Å²) < 4.78 is 0. The molecule has 1 aromatic heterocycles. The van der Waals surface area contributed by atoms with Crippen LogP contribution in [0.5, 0.6) is 0 Å². The van der Waals surface area contributed by atoms with Crippen LogP contribution in [0.4, 0.5) is 0 Å². The number of fused-ring (bicyclic) bond motifs is 1. The second-order valence-corrected chi connectivity index (χ2v) is 17.9. The van der Waals surface area contributed by atoms with E-state index in [0.29, 0.717) is 45.3 Å². The summed E-state index contributed by atoms with van der Waals surface area (Å²) in [4.78, 5) is 53.6. The van der Waals surface area contributed by atoms with Crippen molar-refractivity contribution in [2.24, 2.45) is 38.7 Å². The van der Waals surface area contributed by atoms with Crippen LogP contribution in [0.3, 0.4) is 0 Å². The molecule has 0 radical (unpaired) electrons. The van der Waals surface area contributed by atoms with Crippen LogP contribution in [-0.2, 0) is 37.0 Å². The minimum Gasteiger partial charge on any atom is -0.370 e. The Morgan fingerprint density at radius 1 is 0.709 bits per heavy atom. The number of nitrogens with two attached hydrogens (primary N) is 5. The van der Waals surface area contributed by atoms with Gasteiger partial charge in [-0.15, -0.1) is 0 Å². The van der Waals surface area contributed by atoms with Gasteiger partial charge in [0.15, 0.2) is 11.9 Å². The van der Waals surface area contributed by atoms with Crippen molar-refractivity contribution < 1.29 is 14.4 Å². The number of amides is 3. The molecule has 14 heteroatoms. The second-order valence-electron chi connectivity index (χ2n) is 17.9. The fraction of sp³-hybridized carbons (Fsp3) is 0.683. The maximum absolute atomic E-state index is 14.5. The summed E-state index contributed by atoms with van der Waals surface area (Å²) in [6.45, 7) is 22.7. The average molecular weight is 768 g/mol. The van der Waals surface area contributed by atoms with Gasteiger partial charge < -0.3 is 49.6 Å². The first-order chi connectivity index (χ1) is 25.5. The van der Waals surface area contributed by atoms with Crippen LogP contribution in [0.15, 0.2) is 22.1 Å². The Labute approximate surface area is 329 Å². The number of aromatic nitrogens is 1. The van der Waals surface area contributed by atoms with E-state index in [1.54, 1.807) is 0 Å². The van der Waals surface area contributed by atoms with Gasteiger partial charge in [-0.25, -0.2) is 0 Å². The molecule has 0 bridgehead atoms. The van der Waals surface area contributed by atoms with E-state index < -0.39 is 29.9 Å². The van der Waals surface area contributed by atoms with Crippen LogP contribution in [0.2, 0.25) is 0 Å². The molecule has 55 heavy (non-hydrogen) atoms. The van der Waals surface area contributed by atoms with E-state index >= 15 is 0 Å². The zero-order chi connectivity index (χ0) is 41.7. The highest BCUT2D eigenvalue weighted by atomic mass is 16.2. The molecule has 0 saturated heterocycles. The van der Waals surface area contributed by atoms with Crippen LogP contribution in [0.25, 0.3) is 10.9 Å². The number of nitrogens with one attached hydrogen (secondary N) is 4. The number of guanidine groups is 2. The monoisotopic (exact) mass is 768 g/mol. The minimum atomic E-state index is -1.06. The Morgan fingerprint density at radius 3 is 1.82 bits per heavy atom. The van der Waals surface area contributed by atoms with Gasteiger partial charge in [0.1, 0.15) is 12.1 Å². The van der Waals surface area contributed by atoms with Gasteiger partial charge in [-0.1, -0.05) is 94.6 Å². The van der Waals surface area contributed by atoms with Gasteiger partial charge in [0, 0.05) is 48.1 Å². The molecule has 0 aliphatic heterocycles. The summed E-state index contributed by atoms with van der Waals surface area (Å²) in [5.41, 5.74) is 32.9. The van der Waals surface area contributed by atoms with E-state index in [9.17, 15) is 14.4 Å². The Bertz CT molecular complexity index is 1630. The van der Waals surface area contributed by atoms with Gasteiger partial charge in [0.2, 0.25) is 17.7 Å². The highest BCUT2D eigenvalue weighted by molar-refractivity contribution is 5.95. The van der Waals surface area contributed by atoms with Gasteiger partial charge in [-0.3, -0.25) is 24.4 Å². The third-order valence-electron chi connectivity index (χ3n) is 9.69. The van der Waals surface area contributed by atoms with Crippen LogP contribution in [-0.4, -0.2) is 72.4 Å². The molecule has 1 heterocycles. The lowest BCUT2D eigenvalue weighted by atomic mass is 9.78. The van der Waals surface area contributed by atoms with Crippen molar-refractivity contribution in [1.29, 1.82) is 0 Å². The number of H-pyrrole nitrogens is 1. The van der Waals surface area contributed by atoms with Gasteiger partial charge in [-0.05, 0) is 65.7 Å². The average Bonchev–Trinajstić information content (AvgIpc) is 3.44. The zero-order valence-electron chi connectivity index (χ0n) is 35.4. The molecule has 0 aliphatic carbocycles. The molecule has 3 amide bonds. The highest BCUT2D eigenvalue weighted by Gasteiger charge is 2.33. The van der Waals surface area contributed by atoms with Gasteiger partial charge in [-0.2, -0.15) is 0 Å². The third kappa shape index (κ3) is 15.0. The maximum atomic E-state index is 14.5. The van der Waals surface area contributed by atoms with E-state index in [0.717, 1.165) is 59.0 Å². The third-order valence-corrected chi connectivity index (χ3v) is 9.69. The minimum absolute atomic E-state index is 0.0368. The number of nitrogens with zero attached hydrogens (tertiary/aromatic N) is 2. The fourth-order valence-electron chi connectivity index (χ4n) is 6.50. The number of carbonyl (C=O) groups is 3. The van der Waals surface area contributed by atoms with Crippen molar-refractivity contribution in [1.82, 2.24) is 20.9 Å². The Balaban J connectivity index is 2.68. The second kappa shape index (κ2) is 20.5. The number of aliphatic imine (C=N–C) groups is 2. The quantitative estimate of drug-likeness (QED) is 0.0544. The molecule has 0 fully saturated rings. The van der Waals surface area contributed by atoms with Crippen molar-refractivity contribution in [3.8, 4) is 0 Å². The van der Waals surface area contributed by atoms with Crippen LogP contribution in [0, 0.1) is 0 Å². The number of benzene rings is 1. The predicted octanol–water partition coefficient (Wildman–Crippen LogP) is 3.70. The van der Waals surface area contributed by atoms with Gasteiger partial charge in [0.05, 0.1) is 6.04 Å². The van der Waals surface area contributed by atoms with Crippen LogP contribution >= 0.6 is 0 Å². The number of hydrogen-bond acceptors (Lipinski definition) is 6. The SMILES string of the molecule is CCCCCCNC(=O)[C@H](CCCN=C(N)N)NC(=O)[C@H](Cc1c(C(C)(C)C)[nH]c2c(C(C)(C)C)cc(C(C)(C)C)cc12)NC(=O)[C@@H](N)CCCN=C(N)N. The summed E-state index contributed by atoms with van der Waals surface area (Å²) in [6.07, 6.45) is 5.64. The van der Waals surface area contributed by atoms with E-state index in [4.69, 9.17) is 28.7 Å². The smallest absolute Gasteiger partial charge is 0.243 e. The zero-order valence-corrected chi connectivity index (χ0v) is 35.4. The van der Waals surface area contributed by atoms with Crippen molar-refractivity contribution in [3.05, 3.63) is 34.5 Å². The molecule has 0 spiro atoms. The molecule has 0 aliphatic rings. The van der Waals surface area contributed by atoms with Crippen molar-refractivity contribution in [2.45, 2.75) is 161 Å². The summed E-state index contributed by atoms with van der Waals surface area (Å²) in [6, 6.07) is 1.61. The molecule has 14 nitrogen and oxygen atoms in total.